The van der Waals surface area contributed by atoms with E-state index in [0.29, 0.717) is 5.92 Å². The predicted molar refractivity (Wildman–Crippen MR) is 75.8 cm³/mol. The minimum Gasteiger partial charge on any atom is -0.371 e. The summed E-state index contributed by atoms with van der Waals surface area (Å²) in [6.45, 7) is 8.79. The van der Waals surface area contributed by atoms with Crippen LogP contribution in [0.3, 0.4) is 0 Å². The van der Waals surface area contributed by atoms with Crippen LogP contribution in [-0.2, 0) is 4.84 Å². The van der Waals surface area contributed by atoms with Crippen molar-refractivity contribution < 1.29 is 4.84 Å². The van der Waals surface area contributed by atoms with E-state index in [1.807, 2.05) is 0 Å². The largest absolute Gasteiger partial charge is 0.371 e. The molecule has 1 saturated heterocycles. The maximum atomic E-state index is 5.28. The highest BCUT2D eigenvalue weighted by Crippen LogP contribution is 2.32. The van der Waals surface area contributed by atoms with Crippen molar-refractivity contribution in [1.29, 1.82) is 0 Å². The van der Waals surface area contributed by atoms with Crippen LogP contribution in [0.2, 0.25) is 0 Å². The lowest BCUT2D eigenvalue weighted by atomic mass is 9.95. The normalized spacial score (nSPS) is 17.5. The van der Waals surface area contributed by atoms with E-state index in [4.69, 9.17) is 10.7 Å². The van der Waals surface area contributed by atoms with E-state index in [1.165, 1.54) is 16.8 Å². The summed E-state index contributed by atoms with van der Waals surface area (Å²) in [5, 5.41) is 0. The molecule has 1 aromatic carbocycles. The van der Waals surface area contributed by atoms with Gasteiger partial charge in [-0.2, -0.15) is 0 Å². The summed E-state index contributed by atoms with van der Waals surface area (Å²) >= 11 is 0. The monoisotopic (exact) mass is 248 g/mol. The highest BCUT2D eigenvalue weighted by atomic mass is 16.6. The van der Waals surface area contributed by atoms with Gasteiger partial charge in [-0.3, -0.25) is 0 Å². The Kier molecular flexibility index (Phi) is 4.25. The highest BCUT2D eigenvalue weighted by Gasteiger charge is 2.22. The van der Waals surface area contributed by atoms with E-state index in [0.717, 1.165) is 25.9 Å². The second kappa shape index (κ2) is 5.72. The van der Waals surface area contributed by atoms with Gasteiger partial charge in [0.15, 0.2) is 0 Å². The smallest absolute Gasteiger partial charge is 0.0821 e. The first kappa shape index (κ1) is 13.4. The predicted octanol–water partition coefficient (Wildman–Crippen LogP) is 2.98. The maximum absolute atomic E-state index is 5.28. The van der Waals surface area contributed by atoms with Crippen molar-refractivity contribution in [3.63, 3.8) is 0 Å². The number of hydrogen-bond acceptors (Lipinski definition) is 3. The SMILES string of the molecule is Cc1cccc(C(C)C)c1N1CCC(ON)CC1. The van der Waals surface area contributed by atoms with Gasteiger partial charge in [0, 0.05) is 18.8 Å². The Morgan fingerprint density at radius 1 is 1.28 bits per heavy atom. The van der Waals surface area contributed by atoms with Crippen LogP contribution < -0.4 is 10.8 Å². The summed E-state index contributed by atoms with van der Waals surface area (Å²) in [4.78, 5) is 7.44. The molecule has 0 unspecified atom stereocenters. The Morgan fingerprint density at radius 2 is 1.94 bits per heavy atom. The van der Waals surface area contributed by atoms with Gasteiger partial charge in [0.1, 0.15) is 0 Å². The quantitative estimate of drug-likeness (QED) is 0.836. The van der Waals surface area contributed by atoms with Crippen molar-refractivity contribution in [3.05, 3.63) is 29.3 Å². The molecule has 3 heteroatoms. The van der Waals surface area contributed by atoms with Crippen molar-refractivity contribution in [2.75, 3.05) is 18.0 Å². The zero-order chi connectivity index (χ0) is 13.1. The van der Waals surface area contributed by atoms with Gasteiger partial charge in [-0.1, -0.05) is 32.0 Å². The van der Waals surface area contributed by atoms with Crippen molar-refractivity contribution in [1.82, 2.24) is 0 Å². The Bertz CT molecular complexity index is 395. The van der Waals surface area contributed by atoms with Crippen molar-refractivity contribution in [2.45, 2.75) is 45.6 Å². The van der Waals surface area contributed by atoms with Crippen LogP contribution >= 0.6 is 0 Å². The molecular formula is C15H24N2O. The summed E-state index contributed by atoms with van der Waals surface area (Å²) in [7, 11) is 0. The van der Waals surface area contributed by atoms with Gasteiger partial charge in [-0.25, -0.2) is 5.90 Å². The second-order valence-electron chi connectivity index (χ2n) is 5.49. The first-order chi connectivity index (χ1) is 8.63. The maximum Gasteiger partial charge on any atom is 0.0821 e. The third-order valence-corrected chi connectivity index (χ3v) is 3.84. The number of para-hydroxylation sites is 1. The fraction of sp³-hybridized carbons (Fsp3) is 0.600. The molecule has 1 fully saturated rings. The lowest BCUT2D eigenvalue weighted by Crippen LogP contribution is -2.38. The number of aryl methyl sites for hydroxylation is 1. The van der Waals surface area contributed by atoms with Gasteiger partial charge in [-0.05, 0) is 36.8 Å². The molecule has 0 spiro atoms. The molecule has 0 aliphatic carbocycles. The second-order valence-corrected chi connectivity index (χ2v) is 5.49. The van der Waals surface area contributed by atoms with Crippen molar-refractivity contribution >= 4 is 5.69 Å². The fourth-order valence-corrected chi connectivity index (χ4v) is 2.80. The number of hydrogen-bond donors (Lipinski definition) is 1. The first-order valence-corrected chi connectivity index (χ1v) is 6.83. The van der Waals surface area contributed by atoms with Gasteiger partial charge in [0.2, 0.25) is 0 Å². The summed E-state index contributed by atoms with van der Waals surface area (Å²) in [6.07, 6.45) is 2.26. The number of anilines is 1. The molecule has 3 nitrogen and oxygen atoms in total. The molecule has 1 heterocycles. The van der Waals surface area contributed by atoms with Gasteiger partial charge < -0.3 is 9.74 Å². The van der Waals surface area contributed by atoms with Gasteiger partial charge >= 0.3 is 0 Å². The van der Waals surface area contributed by atoms with Crippen molar-refractivity contribution in [3.8, 4) is 0 Å². The minimum absolute atomic E-state index is 0.229. The van der Waals surface area contributed by atoms with Crippen LogP contribution in [0.4, 0.5) is 5.69 Å². The van der Waals surface area contributed by atoms with Gasteiger partial charge in [0.25, 0.3) is 0 Å². The van der Waals surface area contributed by atoms with E-state index >= 15 is 0 Å². The summed E-state index contributed by atoms with van der Waals surface area (Å²) in [6, 6.07) is 6.61. The standard InChI is InChI=1S/C15H24N2O/c1-11(2)14-6-4-5-12(3)15(14)17-9-7-13(18-16)8-10-17/h4-6,11,13H,7-10,16H2,1-3H3. The zero-order valence-corrected chi connectivity index (χ0v) is 11.6. The molecule has 2 N–H and O–H groups in total. The van der Waals surface area contributed by atoms with Gasteiger partial charge in [-0.15, -0.1) is 0 Å². The Hall–Kier alpha value is -1.06. The average Bonchev–Trinajstić information content (AvgIpc) is 2.38. The molecule has 100 valence electrons. The Labute approximate surface area is 110 Å². The molecule has 0 amide bonds. The molecule has 0 saturated carbocycles. The van der Waals surface area contributed by atoms with Crippen LogP contribution in [0.1, 0.15) is 43.7 Å². The lowest BCUT2D eigenvalue weighted by Gasteiger charge is -2.35. The highest BCUT2D eigenvalue weighted by molar-refractivity contribution is 5.60. The molecule has 18 heavy (non-hydrogen) atoms. The van der Waals surface area contributed by atoms with Crippen LogP contribution in [0.15, 0.2) is 18.2 Å². The summed E-state index contributed by atoms with van der Waals surface area (Å²) in [5.41, 5.74) is 4.23. The van der Waals surface area contributed by atoms with E-state index in [2.05, 4.69) is 43.9 Å². The zero-order valence-electron chi connectivity index (χ0n) is 11.6. The number of nitrogens with two attached hydrogens (primary N) is 1. The molecule has 1 aliphatic rings. The van der Waals surface area contributed by atoms with Crippen LogP contribution in [0.25, 0.3) is 0 Å². The third kappa shape index (κ3) is 2.68. The van der Waals surface area contributed by atoms with Gasteiger partial charge in [0.05, 0.1) is 6.10 Å². The number of rotatable bonds is 3. The van der Waals surface area contributed by atoms with E-state index in [1.54, 1.807) is 0 Å². The number of benzene rings is 1. The van der Waals surface area contributed by atoms with E-state index in [9.17, 15) is 0 Å². The van der Waals surface area contributed by atoms with Crippen LogP contribution in [0.5, 0.6) is 0 Å². The summed E-state index contributed by atoms with van der Waals surface area (Å²) < 4.78 is 0. The third-order valence-electron chi connectivity index (χ3n) is 3.84. The van der Waals surface area contributed by atoms with E-state index in [-0.39, 0.29) is 6.10 Å². The van der Waals surface area contributed by atoms with Crippen molar-refractivity contribution in [2.24, 2.45) is 5.90 Å². The molecule has 0 radical (unpaired) electrons. The van der Waals surface area contributed by atoms with Crippen LogP contribution in [0, 0.1) is 6.92 Å². The summed E-state index contributed by atoms with van der Waals surface area (Å²) in [5.74, 6) is 5.84. The molecule has 2 rings (SSSR count). The number of piperidine rings is 1. The lowest BCUT2D eigenvalue weighted by molar-refractivity contribution is 0.0367. The topological polar surface area (TPSA) is 38.5 Å². The molecule has 0 bridgehead atoms. The first-order valence-electron chi connectivity index (χ1n) is 6.83. The van der Waals surface area contributed by atoms with E-state index < -0.39 is 0 Å². The Balaban J connectivity index is 2.23. The molecular weight excluding hydrogens is 224 g/mol. The number of nitrogens with zero attached hydrogens (tertiary/aromatic N) is 1. The average molecular weight is 248 g/mol. The fourth-order valence-electron chi connectivity index (χ4n) is 2.80. The molecule has 1 aliphatic heterocycles. The van der Waals surface area contributed by atoms with Crippen LogP contribution in [-0.4, -0.2) is 19.2 Å². The minimum atomic E-state index is 0.229. The Morgan fingerprint density at radius 3 is 2.50 bits per heavy atom. The molecule has 0 aromatic heterocycles. The molecule has 1 aromatic rings. The molecule has 0 atom stereocenters.